The van der Waals surface area contributed by atoms with Crippen LogP contribution in [0.4, 0.5) is 0 Å². The van der Waals surface area contributed by atoms with Crippen LogP contribution in [0.3, 0.4) is 0 Å². The maximum absolute atomic E-state index is 4.60. The quantitative estimate of drug-likeness (QED) is 0.430. The van der Waals surface area contributed by atoms with Crippen molar-refractivity contribution in [3.8, 4) is 0 Å². The lowest BCUT2D eigenvalue weighted by molar-refractivity contribution is 0.0986. The highest BCUT2D eigenvalue weighted by Crippen LogP contribution is 2.62. The van der Waals surface area contributed by atoms with E-state index >= 15 is 0 Å². The van der Waals surface area contributed by atoms with Gasteiger partial charge in [-0.05, 0) is 79.6 Å². The largest absolute Gasteiger partial charge is 0.107 e. The van der Waals surface area contributed by atoms with E-state index in [1.165, 1.54) is 44.9 Å². The van der Waals surface area contributed by atoms with Crippen LogP contribution in [0.2, 0.25) is 12.1 Å². The molecule has 0 saturated heterocycles. The molecule has 7 atom stereocenters. The molecule has 0 aromatic carbocycles. The number of hydrogen-bond donors (Lipinski definition) is 0. The van der Waals surface area contributed by atoms with Gasteiger partial charge in [-0.25, -0.2) is 0 Å². The summed E-state index contributed by atoms with van der Waals surface area (Å²) in [6.07, 6.45) is 13.5. The third-order valence-electron chi connectivity index (χ3n) is 8.15. The van der Waals surface area contributed by atoms with E-state index < -0.39 is 0 Å². The Hall–Kier alpha value is -0.173. The zero-order valence-electron chi connectivity index (χ0n) is 14.7. The molecule has 0 N–H and O–H groups in total. The van der Waals surface area contributed by atoms with Crippen molar-refractivity contribution in [2.24, 2.45) is 35.5 Å². The van der Waals surface area contributed by atoms with Crippen molar-refractivity contribution in [3.05, 3.63) is 12.2 Å². The minimum Gasteiger partial charge on any atom is -0.107 e. The second kappa shape index (κ2) is 6.04. The minimum atomic E-state index is -0.223. The molecule has 0 heterocycles. The van der Waals surface area contributed by atoms with Crippen molar-refractivity contribution in [1.29, 1.82) is 0 Å². The van der Waals surface area contributed by atoms with Crippen molar-refractivity contribution < 1.29 is 0 Å². The Bertz CT molecular complexity index is 476. The Labute approximate surface area is 139 Å². The highest BCUT2D eigenvalue weighted by atomic mass is 28.2. The molecule has 4 aliphatic carbocycles. The topological polar surface area (TPSA) is 0 Å². The summed E-state index contributed by atoms with van der Waals surface area (Å²) < 4.78 is 0. The van der Waals surface area contributed by atoms with Crippen molar-refractivity contribution in [1.82, 2.24) is 0 Å². The lowest BCUT2D eigenvalue weighted by Crippen LogP contribution is -2.33. The summed E-state index contributed by atoms with van der Waals surface area (Å²) in [4.78, 5) is 0. The van der Waals surface area contributed by atoms with Crippen LogP contribution in [-0.2, 0) is 0 Å². The summed E-state index contributed by atoms with van der Waals surface area (Å²) in [7, 11) is -0.223. The van der Waals surface area contributed by atoms with E-state index in [0.29, 0.717) is 0 Å². The monoisotopic (exact) mass is 314 g/mol. The second-order valence-corrected chi connectivity index (χ2v) is 11.7. The molecule has 0 radical (unpaired) electrons. The van der Waals surface area contributed by atoms with Gasteiger partial charge in [0.15, 0.2) is 0 Å². The van der Waals surface area contributed by atoms with Crippen LogP contribution in [0, 0.1) is 35.5 Å². The maximum Gasteiger partial charge on any atom is 0.00533 e. The van der Waals surface area contributed by atoms with Gasteiger partial charge in [0.05, 0.1) is 0 Å². The molecule has 4 aliphatic rings. The Balaban J connectivity index is 1.70. The van der Waals surface area contributed by atoms with Gasteiger partial charge in [0, 0.05) is 8.41 Å². The number of allylic oxidation sites excluding steroid dienone is 1. The smallest absolute Gasteiger partial charge is 0.00533 e. The van der Waals surface area contributed by atoms with Crippen LogP contribution in [0.5, 0.6) is 0 Å². The highest BCUT2D eigenvalue weighted by molar-refractivity contribution is 6.66. The summed E-state index contributed by atoms with van der Waals surface area (Å²) in [6.45, 7) is 9.54. The standard InChI is InChI=1S/C21H34Si/c1-4-22(3)20-13-19-17-10-6-5-9-16(17)14(2)12-15-8-7-11-18(20)21(15)19/h4,15-21H,2,5-13H2,1,3H3/b22-4-. The number of fused-ring (bicyclic) bond motifs is 2. The van der Waals surface area contributed by atoms with Gasteiger partial charge in [-0.1, -0.05) is 44.9 Å². The molecule has 4 saturated carbocycles. The van der Waals surface area contributed by atoms with Crippen LogP contribution in [0.1, 0.15) is 64.7 Å². The summed E-state index contributed by atoms with van der Waals surface area (Å²) in [5.74, 6) is 6.19. The highest BCUT2D eigenvalue weighted by Gasteiger charge is 2.53. The molecule has 0 aromatic heterocycles. The van der Waals surface area contributed by atoms with Gasteiger partial charge in [-0.2, -0.15) is 0 Å². The zero-order chi connectivity index (χ0) is 15.3. The summed E-state index contributed by atoms with van der Waals surface area (Å²) in [6, 6.07) is 0. The average Bonchev–Trinajstić information content (AvgIpc) is 2.89. The van der Waals surface area contributed by atoms with Crippen LogP contribution in [0.25, 0.3) is 0 Å². The third kappa shape index (κ3) is 2.34. The fourth-order valence-corrected chi connectivity index (χ4v) is 9.35. The van der Waals surface area contributed by atoms with Crippen molar-refractivity contribution in [2.75, 3.05) is 0 Å². The summed E-state index contributed by atoms with van der Waals surface area (Å²) in [5.41, 5.74) is 5.37. The summed E-state index contributed by atoms with van der Waals surface area (Å²) in [5, 5.41) is 0. The van der Waals surface area contributed by atoms with Gasteiger partial charge in [-0.3, -0.25) is 0 Å². The predicted molar refractivity (Wildman–Crippen MR) is 98.7 cm³/mol. The van der Waals surface area contributed by atoms with Gasteiger partial charge < -0.3 is 0 Å². The van der Waals surface area contributed by atoms with Gasteiger partial charge in [0.1, 0.15) is 0 Å². The maximum atomic E-state index is 4.60. The zero-order valence-corrected chi connectivity index (χ0v) is 15.7. The lowest BCUT2D eigenvalue weighted by Gasteiger charge is -2.40. The van der Waals surface area contributed by atoms with Gasteiger partial charge in [0.2, 0.25) is 0 Å². The molecule has 0 bridgehead atoms. The van der Waals surface area contributed by atoms with Crippen LogP contribution < -0.4 is 0 Å². The third-order valence-corrected chi connectivity index (χ3v) is 10.9. The van der Waals surface area contributed by atoms with Gasteiger partial charge in [0.25, 0.3) is 0 Å². The predicted octanol–water partition coefficient (Wildman–Crippen LogP) is 5.70. The average molecular weight is 315 g/mol. The minimum absolute atomic E-state index is 0.223. The van der Waals surface area contributed by atoms with E-state index in [2.05, 4.69) is 25.7 Å². The van der Waals surface area contributed by atoms with Crippen LogP contribution in [-0.4, -0.2) is 14.1 Å². The van der Waals surface area contributed by atoms with Crippen LogP contribution in [0.15, 0.2) is 12.2 Å². The molecule has 0 aromatic rings. The Morgan fingerprint density at radius 2 is 1.77 bits per heavy atom. The Morgan fingerprint density at radius 3 is 2.59 bits per heavy atom. The number of rotatable bonds is 1. The first kappa shape index (κ1) is 15.4. The molecule has 0 nitrogen and oxygen atoms in total. The fraction of sp³-hybridized carbons (Fsp3) is 0.857. The first-order valence-electron chi connectivity index (χ1n) is 10.0. The second-order valence-electron chi connectivity index (χ2n) is 8.89. The van der Waals surface area contributed by atoms with Gasteiger partial charge in [-0.15, -0.1) is 5.67 Å². The van der Waals surface area contributed by atoms with Gasteiger partial charge >= 0.3 is 0 Å². The van der Waals surface area contributed by atoms with Crippen molar-refractivity contribution in [3.63, 3.8) is 0 Å². The molecule has 1 heteroatoms. The van der Waals surface area contributed by atoms with E-state index in [4.69, 9.17) is 0 Å². The van der Waals surface area contributed by atoms with E-state index in [0.717, 1.165) is 41.0 Å². The molecular formula is C21H34Si. The molecule has 122 valence electrons. The SMILES string of the molecule is C=C1CC2CCCC3C2C(CC3/[Si](C)=C\C)C2CCCCC12. The van der Waals surface area contributed by atoms with E-state index in [1.54, 1.807) is 18.4 Å². The molecule has 0 aliphatic heterocycles. The Kier molecular flexibility index (Phi) is 4.21. The molecule has 22 heavy (non-hydrogen) atoms. The van der Waals surface area contributed by atoms with E-state index in [9.17, 15) is 0 Å². The molecule has 4 fully saturated rings. The number of hydrogen-bond acceptors (Lipinski definition) is 0. The van der Waals surface area contributed by atoms with Crippen molar-refractivity contribution >= 4 is 14.1 Å². The van der Waals surface area contributed by atoms with Crippen molar-refractivity contribution in [2.45, 2.75) is 76.8 Å². The van der Waals surface area contributed by atoms with E-state index in [1.807, 2.05) is 0 Å². The lowest BCUT2D eigenvalue weighted by atomic mass is 9.66. The summed E-state index contributed by atoms with van der Waals surface area (Å²) >= 11 is 0. The molecule has 7 unspecified atom stereocenters. The molecule has 0 spiro atoms. The van der Waals surface area contributed by atoms with Crippen LogP contribution >= 0.6 is 0 Å². The molecular weight excluding hydrogens is 280 g/mol. The van der Waals surface area contributed by atoms with E-state index in [-0.39, 0.29) is 8.41 Å². The Morgan fingerprint density at radius 1 is 1.00 bits per heavy atom. The first-order valence-corrected chi connectivity index (χ1v) is 12.2. The molecule has 0 amide bonds. The fourth-order valence-electron chi connectivity index (χ4n) is 7.21. The molecule has 4 rings (SSSR count). The normalized spacial score (nSPS) is 48.5. The first-order chi connectivity index (χ1) is 10.7.